The van der Waals surface area contributed by atoms with Crippen LogP contribution in [0.3, 0.4) is 0 Å². The van der Waals surface area contributed by atoms with Crippen LogP contribution < -0.4 is 4.74 Å². The number of ketones is 1. The number of carbonyl (C=O) groups excluding carboxylic acids is 1. The van der Waals surface area contributed by atoms with Gasteiger partial charge in [-0.1, -0.05) is 46.6 Å². The van der Waals surface area contributed by atoms with E-state index in [2.05, 4.69) is 15.2 Å². The number of thioether (sulfide) groups is 1. The van der Waals surface area contributed by atoms with Crippen LogP contribution in [-0.2, 0) is 6.61 Å². The molecule has 0 saturated heterocycles. The highest BCUT2D eigenvalue weighted by molar-refractivity contribution is 7.99. The first-order chi connectivity index (χ1) is 12.5. The van der Waals surface area contributed by atoms with Gasteiger partial charge in [0, 0.05) is 10.6 Å². The molecule has 3 rings (SSSR count). The van der Waals surface area contributed by atoms with Crippen LogP contribution in [-0.4, -0.2) is 26.7 Å². The van der Waals surface area contributed by atoms with Crippen LogP contribution in [0.4, 0.5) is 0 Å². The molecule has 0 amide bonds. The van der Waals surface area contributed by atoms with Crippen molar-refractivity contribution in [2.75, 3.05) is 5.75 Å². The average Bonchev–Trinajstić information content (AvgIpc) is 3.09. The molecule has 0 unspecified atom stereocenters. The van der Waals surface area contributed by atoms with E-state index in [1.54, 1.807) is 42.5 Å². The minimum absolute atomic E-state index is 0.0858. The molecule has 9 heteroatoms. The minimum atomic E-state index is -0.0858. The van der Waals surface area contributed by atoms with Crippen molar-refractivity contribution in [2.45, 2.75) is 11.8 Å². The topological polar surface area (TPSA) is 67.9 Å². The standard InChI is InChI=1S/C17H12Cl3N3O2S/c18-11-2-4-12(5-3-11)25-8-16-21-17(23-22-16)26-9-15(24)10-1-6-13(19)14(20)7-10/h1-7H,8-9H2,(H,21,22,23). The number of hydrogen-bond acceptors (Lipinski definition) is 5. The minimum Gasteiger partial charge on any atom is -0.486 e. The zero-order chi connectivity index (χ0) is 18.5. The number of Topliss-reactive ketones (excluding diaryl/α,β-unsaturated/α-hetero) is 1. The predicted molar refractivity (Wildman–Crippen MR) is 104 cm³/mol. The van der Waals surface area contributed by atoms with Gasteiger partial charge in [-0.3, -0.25) is 9.89 Å². The fourth-order valence-electron chi connectivity index (χ4n) is 1.97. The third-order valence-corrected chi connectivity index (χ3v) is 5.11. The summed E-state index contributed by atoms with van der Waals surface area (Å²) in [6.07, 6.45) is 0. The lowest BCUT2D eigenvalue weighted by atomic mass is 10.1. The van der Waals surface area contributed by atoms with Crippen LogP contribution in [0.5, 0.6) is 5.75 Å². The number of aromatic amines is 1. The molecule has 0 saturated carbocycles. The zero-order valence-corrected chi connectivity index (χ0v) is 16.3. The summed E-state index contributed by atoms with van der Waals surface area (Å²) < 4.78 is 5.58. The molecule has 2 aromatic carbocycles. The third kappa shape index (κ3) is 5.14. The number of benzene rings is 2. The number of nitrogens with one attached hydrogen (secondary N) is 1. The highest BCUT2D eigenvalue weighted by atomic mass is 35.5. The molecule has 0 spiro atoms. The first-order valence-corrected chi connectivity index (χ1v) is 9.54. The maximum absolute atomic E-state index is 12.2. The van der Waals surface area contributed by atoms with E-state index in [4.69, 9.17) is 39.5 Å². The normalized spacial score (nSPS) is 10.7. The molecule has 0 radical (unpaired) electrons. The van der Waals surface area contributed by atoms with Gasteiger partial charge in [0.25, 0.3) is 0 Å². The van der Waals surface area contributed by atoms with Crippen molar-refractivity contribution in [2.24, 2.45) is 0 Å². The third-order valence-electron chi connectivity index (χ3n) is 3.27. The molecule has 0 atom stereocenters. The first-order valence-electron chi connectivity index (χ1n) is 7.42. The molecule has 1 N–H and O–H groups in total. The number of aromatic nitrogens is 3. The van der Waals surface area contributed by atoms with E-state index in [1.165, 1.54) is 11.8 Å². The van der Waals surface area contributed by atoms with Crippen molar-refractivity contribution in [1.29, 1.82) is 0 Å². The van der Waals surface area contributed by atoms with Gasteiger partial charge in [0.2, 0.25) is 5.16 Å². The molecule has 1 heterocycles. The van der Waals surface area contributed by atoms with Crippen molar-refractivity contribution in [3.63, 3.8) is 0 Å². The average molecular weight is 429 g/mol. The molecule has 134 valence electrons. The lowest BCUT2D eigenvalue weighted by Gasteiger charge is -2.03. The summed E-state index contributed by atoms with van der Waals surface area (Å²) in [5.74, 6) is 1.34. The van der Waals surface area contributed by atoms with E-state index < -0.39 is 0 Å². The van der Waals surface area contributed by atoms with Crippen LogP contribution in [0, 0.1) is 0 Å². The predicted octanol–water partition coefficient (Wildman–Crippen LogP) is 5.32. The van der Waals surface area contributed by atoms with E-state index in [1.807, 2.05) is 0 Å². The van der Waals surface area contributed by atoms with Crippen molar-refractivity contribution < 1.29 is 9.53 Å². The van der Waals surface area contributed by atoms with Crippen LogP contribution in [0.25, 0.3) is 0 Å². The second-order valence-corrected chi connectivity index (χ2v) is 7.34. The maximum atomic E-state index is 12.2. The molecule has 0 aliphatic rings. The molecular formula is C17H12Cl3N3O2S. The summed E-state index contributed by atoms with van der Waals surface area (Å²) in [7, 11) is 0. The van der Waals surface area contributed by atoms with E-state index in [0.29, 0.717) is 37.4 Å². The molecule has 1 aromatic heterocycles. The number of H-pyrrole nitrogens is 1. The Kier molecular flexibility index (Phi) is 6.43. The first kappa shape index (κ1) is 19.0. The summed E-state index contributed by atoms with van der Waals surface area (Å²) in [6.45, 7) is 0.232. The van der Waals surface area contributed by atoms with Crippen molar-refractivity contribution in [1.82, 2.24) is 15.2 Å². The quantitative estimate of drug-likeness (QED) is 0.407. The van der Waals surface area contributed by atoms with Gasteiger partial charge >= 0.3 is 0 Å². The molecule has 0 bridgehead atoms. The van der Waals surface area contributed by atoms with Gasteiger partial charge in [-0.2, -0.15) is 0 Å². The summed E-state index contributed by atoms with van der Waals surface area (Å²) in [5.41, 5.74) is 0.494. The summed E-state index contributed by atoms with van der Waals surface area (Å²) in [5, 5.41) is 8.72. The number of hydrogen-bond donors (Lipinski definition) is 1. The Bertz CT molecular complexity index is 916. The molecular weight excluding hydrogens is 417 g/mol. The Morgan fingerprint density at radius 1 is 1.08 bits per heavy atom. The molecule has 0 aliphatic heterocycles. The monoisotopic (exact) mass is 427 g/mol. The van der Waals surface area contributed by atoms with Gasteiger partial charge in [-0.15, -0.1) is 5.10 Å². The molecule has 5 nitrogen and oxygen atoms in total. The molecule has 0 aliphatic carbocycles. The maximum Gasteiger partial charge on any atom is 0.208 e. The lowest BCUT2D eigenvalue weighted by Crippen LogP contribution is -2.02. The Hall–Kier alpha value is -1.73. The van der Waals surface area contributed by atoms with Crippen LogP contribution in [0.2, 0.25) is 15.1 Å². The smallest absolute Gasteiger partial charge is 0.208 e. The van der Waals surface area contributed by atoms with Gasteiger partial charge in [0.05, 0.1) is 15.8 Å². The second-order valence-electron chi connectivity index (χ2n) is 5.15. The highest BCUT2D eigenvalue weighted by Crippen LogP contribution is 2.24. The SMILES string of the molecule is O=C(CSc1n[nH]c(COc2ccc(Cl)cc2)n1)c1ccc(Cl)c(Cl)c1. The van der Waals surface area contributed by atoms with E-state index in [9.17, 15) is 4.79 Å². The summed E-state index contributed by atoms with van der Waals surface area (Å²) in [6, 6.07) is 11.8. The lowest BCUT2D eigenvalue weighted by molar-refractivity contribution is 0.102. The molecule has 26 heavy (non-hydrogen) atoms. The zero-order valence-electron chi connectivity index (χ0n) is 13.2. The van der Waals surface area contributed by atoms with Crippen LogP contribution in [0.15, 0.2) is 47.6 Å². The number of rotatable bonds is 7. The van der Waals surface area contributed by atoms with Crippen LogP contribution >= 0.6 is 46.6 Å². The number of carbonyl (C=O) groups is 1. The Balaban J connectivity index is 1.52. The van der Waals surface area contributed by atoms with Gasteiger partial charge in [0.15, 0.2) is 11.6 Å². The van der Waals surface area contributed by atoms with Gasteiger partial charge in [-0.05, 0) is 42.5 Å². The Morgan fingerprint density at radius 2 is 1.85 bits per heavy atom. The Labute approximate surface area is 169 Å². The van der Waals surface area contributed by atoms with Gasteiger partial charge in [0.1, 0.15) is 12.4 Å². The largest absolute Gasteiger partial charge is 0.486 e. The number of halogens is 3. The fraction of sp³-hybridized carbons (Fsp3) is 0.118. The second kappa shape index (κ2) is 8.77. The van der Waals surface area contributed by atoms with Crippen molar-refractivity contribution in [3.8, 4) is 5.75 Å². The van der Waals surface area contributed by atoms with Crippen LogP contribution in [0.1, 0.15) is 16.2 Å². The van der Waals surface area contributed by atoms with Crippen molar-refractivity contribution >= 4 is 52.3 Å². The molecule has 3 aromatic rings. The summed E-state index contributed by atoms with van der Waals surface area (Å²) in [4.78, 5) is 16.5. The number of nitrogens with zero attached hydrogens (tertiary/aromatic N) is 2. The molecule has 0 fully saturated rings. The van der Waals surface area contributed by atoms with E-state index in [-0.39, 0.29) is 18.1 Å². The van der Waals surface area contributed by atoms with E-state index >= 15 is 0 Å². The van der Waals surface area contributed by atoms with E-state index in [0.717, 1.165) is 0 Å². The van der Waals surface area contributed by atoms with Gasteiger partial charge in [-0.25, -0.2) is 4.98 Å². The highest BCUT2D eigenvalue weighted by Gasteiger charge is 2.11. The summed E-state index contributed by atoms with van der Waals surface area (Å²) >= 11 is 18.8. The Morgan fingerprint density at radius 3 is 2.58 bits per heavy atom. The van der Waals surface area contributed by atoms with Gasteiger partial charge < -0.3 is 4.74 Å². The fourth-order valence-corrected chi connectivity index (χ4v) is 3.11. The van der Waals surface area contributed by atoms with Crippen molar-refractivity contribution in [3.05, 3.63) is 68.9 Å². The number of ether oxygens (including phenoxy) is 1.